The summed E-state index contributed by atoms with van der Waals surface area (Å²) in [6.45, 7) is 0. The summed E-state index contributed by atoms with van der Waals surface area (Å²) >= 11 is 9.14. The third kappa shape index (κ3) is 3.98. The Hall–Kier alpha value is -2.00. The number of benzene rings is 2. The Labute approximate surface area is 157 Å². The Morgan fingerprint density at radius 1 is 1.08 bits per heavy atom. The summed E-state index contributed by atoms with van der Waals surface area (Å²) in [7, 11) is -4.02. The van der Waals surface area contributed by atoms with Crippen LogP contribution in [0.2, 0.25) is 5.02 Å². The molecule has 2 N–H and O–H groups in total. The van der Waals surface area contributed by atoms with Crippen LogP contribution in [0.3, 0.4) is 0 Å². The van der Waals surface area contributed by atoms with Crippen LogP contribution < -0.4 is 10.3 Å². The lowest BCUT2D eigenvalue weighted by atomic mass is 10.2. The van der Waals surface area contributed by atoms with Gasteiger partial charge in [0.05, 0.1) is 10.5 Å². The van der Waals surface area contributed by atoms with Gasteiger partial charge in [-0.1, -0.05) is 51.8 Å². The van der Waals surface area contributed by atoms with Gasteiger partial charge in [-0.05, 0) is 30.3 Å². The van der Waals surface area contributed by atoms with E-state index in [-0.39, 0.29) is 15.6 Å². The molecule has 3 rings (SSSR count). The van der Waals surface area contributed by atoms with Crippen LogP contribution in [-0.4, -0.2) is 19.3 Å². The molecule has 0 aliphatic rings. The first kappa shape index (κ1) is 17.8. The summed E-state index contributed by atoms with van der Waals surface area (Å²) in [5, 5.41) is 0.904. The van der Waals surface area contributed by atoms with Gasteiger partial charge in [0.15, 0.2) is 0 Å². The van der Waals surface area contributed by atoms with Crippen molar-refractivity contribution in [2.24, 2.45) is 0 Å². The van der Waals surface area contributed by atoms with Crippen LogP contribution in [-0.2, 0) is 10.0 Å². The number of nitrogens with one attached hydrogen (secondary N) is 2. The molecular formula is C16H11BrClN3O3S. The number of rotatable bonds is 4. The molecule has 1 aromatic heterocycles. The minimum atomic E-state index is -4.02. The second-order valence-corrected chi connectivity index (χ2v) is 8.00. The SMILES string of the molecule is O=C(NNS(=O)(=O)c1ccc(Br)cc1Cl)c1ccc2ccccc2n1. The first-order valence-corrected chi connectivity index (χ1v) is 9.65. The summed E-state index contributed by atoms with van der Waals surface area (Å²) in [4.78, 5) is 18.2. The molecule has 3 aromatic rings. The second kappa shape index (κ2) is 7.09. The highest BCUT2D eigenvalue weighted by Gasteiger charge is 2.19. The number of aromatic nitrogens is 1. The lowest BCUT2D eigenvalue weighted by Gasteiger charge is -2.10. The Balaban J connectivity index is 1.78. The van der Waals surface area contributed by atoms with E-state index in [9.17, 15) is 13.2 Å². The standard InChI is InChI=1S/C16H11BrClN3O3S/c17-11-6-8-15(12(18)9-11)25(23,24)21-20-16(22)14-7-5-10-3-1-2-4-13(10)19-14/h1-9,21H,(H,20,22). The number of fused-ring (bicyclic) bond motifs is 1. The highest BCUT2D eigenvalue weighted by molar-refractivity contribution is 9.10. The summed E-state index contributed by atoms with van der Waals surface area (Å²) < 4.78 is 25.2. The van der Waals surface area contributed by atoms with E-state index in [1.54, 1.807) is 18.2 Å². The molecule has 0 saturated carbocycles. The number of carbonyl (C=O) groups is 1. The predicted molar refractivity (Wildman–Crippen MR) is 98.7 cm³/mol. The van der Waals surface area contributed by atoms with E-state index < -0.39 is 15.9 Å². The first-order valence-electron chi connectivity index (χ1n) is 7.00. The lowest BCUT2D eigenvalue weighted by Crippen LogP contribution is -2.41. The fourth-order valence-corrected chi connectivity index (χ4v) is 4.00. The third-order valence-corrected chi connectivity index (χ3v) is 5.54. The molecule has 128 valence electrons. The lowest BCUT2D eigenvalue weighted by molar-refractivity contribution is 0.0940. The molecule has 0 aliphatic heterocycles. The van der Waals surface area contributed by atoms with E-state index in [4.69, 9.17) is 11.6 Å². The van der Waals surface area contributed by atoms with Crippen LogP contribution in [0.15, 0.2) is 64.0 Å². The Bertz CT molecular complexity index is 1070. The Morgan fingerprint density at radius 3 is 2.60 bits per heavy atom. The maximum Gasteiger partial charge on any atom is 0.284 e. The molecular weight excluding hydrogens is 430 g/mol. The van der Waals surface area contributed by atoms with Gasteiger partial charge in [0.25, 0.3) is 15.9 Å². The predicted octanol–water partition coefficient (Wildman–Crippen LogP) is 3.27. The van der Waals surface area contributed by atoms with Gasteiger partial charge in [0, 0.05) is 9.86 Å². The van der Waals surface area contributed by atoms with Crippen molar-refractivity contribution in [2.75, 3.05) is 0 Å². The van der Waals surface area contributed by atoms with Gasteiger partial charge < -0.3 is 0 Å². The van der Waals surface area contributed by atoms with Crippen LogP contribution in [0, 0.1) is 0 Å². The number of hydrogen-bond acceptors (Lipinski definition) is 4. The molecule has 0 fully saturated rings. The van der Waals surface area contributed by atoms with Crippen molar-refractivity contribution >= 4 is 54.4 Å². The van der Waals surface area contributed by atoms with Crippen LogP contribution in [0.4, 0.5) is 0 Å². The first-order chi connectivity index (χ1) is 11.9. The zero-order chi connectivity index (χ0) is 18.0. The van der Waals surface area contributed by atoms with Gasteiger partial charge in [-0.25, -0.2) is 13.4 Å². The van der Waals surface area contributed by atoms with Crippen molar-refractivity contribution in [3.63, 3.8) is 0 Å². The summed E-state index contributed by atoms with van der Waals surface area (Å²) in [6, 6.07) is 14.8. The molecule has 0 unspecified atom stereocenters. The number of hydrogen-bond donors (Lipinski definition) is 2. The zero-order valence-corrected chi connectivity index (χ0v) is 15.7. The van der Waals surface area contributed by atoms with Gasteiger partial charge in [-0.15, -0.1) is 4.83 Å². The zero-order valence-electron chi connectivity index (χ0n) is 12.5. The molecule has 0 aliphatic carbocycles. The molecule has 6 nitrogen and oxygen atoms in total. The molecule has 0 bridgehead atoms. The molecule has 0 saturated heterocycles. The van der Waals surface area contributed by atoms with Crippen molar-refractivity contribution < 1.29 is 13.2 Å². The number of nitrogens with zero attached hydrogens (tertiary/aromatic N) is 1. The van der Waals surface area contributed by atoms with Crippen molar-refractivity contribution in [2.45, 2.75) is 4.90 Å². The highest BCUT2D eigenvalue weighted by Crippen LogP contribution is 2.24. The smallest absolute Gasteiger partial charge is 0.272 e. The molecule has 1 heterocycles. The van der Waals surface area contributed by atoms with E-state index >= 15 is 0 Å². The molecule has 9 heteroatoms. The van der Waals surface area contributed by atoms with E-state index in [1.165, 1.54) is 24.3 Å². The van der Waals surface area contributed by atoms with Crippen molar-refractivity contribution in [3.8, 4) is 0 Å². The van der Waals surface area contributed by atoms with E-state index in [2.05, 4.69) is 26.3 Å². The second-order valence-electron chi connectivity index (χ2n) is 5.02. The van der Waals surface area contributed by atoms with Crippen LogP contribution >= 0.6 is 27.5 Å². The number of sulfonamides is 1. The molecule has 0 atom stereocenters. The maximum atomic E-state index is 12.3. The number of pyridine rings is 1. The maximum absolute atomic E-state index is 12.3. The number of amides is 1. The van der Waals surface area contributed by atoms with Gasteiger partial charge >= 0.3 is 0 Å². The molecule has 25 heavy (non-hydrogen) atoms. The van der Waals surface area contributed by atoms with Crippen LogP contribution in [0.1, 0.15) is 10.5 Å². The fourth-order valence-electron chi connectivity index (χ4n) is 2.12. The van der Waals surface area contributed by atoms with Gasteiger partial charge in [0.2, 0.25) is 0 Å². The quantitative estimate of drug-likeness (QED) is 0.610. The Morgan fingerprint density at radius 2 is 1.84 bits per heavy atom. The van der Waals surface area contributed by atoms with E-state index in [1.807, 2.05) is 17.0 Å². The highest BCUT2D eigenvalue weighted by atomic mass is 79.9. The topological polar surface area (TPSA) is 88.2 Å². The number of halogens is 2. The van der Waals surface area contributed by atoms with Gasteiger partial charge in [-0.2, -0.15) is 0 Å². The fraction of sp³-hybridized carbons (Fsp3) is 0. The van der Waals surface area contributed by atoms with Gasteiger partial charge in [0.1, 0.15) is 10.6 Å². The Kier molecular flexibility index (Phi) is 5.05. The number of hydrazine groups is 1. The van der Waals surface area contributed by atoms with E-state index in [0.717, 1.165) is 5.39 Å². The summed E-state index contributed by atoms with van der Waals surface area (Å²) in [6.07, 6.45) is 0. The minimum absolute atomic E-state index is 0.0277. The average molecular weight is 441 g/mol. The van der Waals surface area contributed by atoms with Gasteiger partial charge in [-0.3, -0.25) is 10.2 Å². The molecule has 0 radical (unpaired) electrons. The van der Waals surface area contributed by atoms with Crippen molar-refractivity contribution in [3.05, 3.63) is 69.8 Å². The minimum Gasteiger partial charge on any atom is -0.272 e. The third-order valence-electron chi connectivity index (χ3n) is 3.31. The average Bonchev–Trinajstić information content (AvgIpc) is 2.59. The summed E-state index contributed by atoms with van der Waals surface area (Å²) in [5.74, 6) is -0.678. The molecule has 0 spiro atoms. The van der Waals surface area contributed by atoms with E-state index in [0.29, 0.717) is 9.99 Å². The van der Waals surface area contributed by atoms with Crippen molar-refractivity contribution in [1.82, 2.24) is 15.2 Å². The largest absolute Gasteiger partial charge is 0.284 e. The van der Waals surface area contributed by atoms with Crippen molar-refractivity contribution in [1.29, 1.82) is 0 Å². The molecule has 2 aromatic carbocycles. The number of carbonyl (C=O) groups excluding carboxylic acids is 1. The number of para-hydroxylation sites is 1. The van der Waals surface area contributed by atoms with Crippen LogP contribution in [0.25, 0.3) is 10.9 Å². The summed E-state index contributed by atoms with van der Waals surface area (Å²) in [5.41, 5.74) is 2.85. The molecule has 1 amide bonds. The van der Waals surface area contributed by atoms with Crippen LogP contribution in [0.5, 0.6) is 0 Å². The monoisotopic (exact) mass is 439 g/mol. The normalized spacial score (nSPS) is 11.4.